The zero-order valence-electron chi connectivity index (χ0n) is 17.3. The molecule has 3 aromatic heterocycles. The highest BCUT2D eigenvalue weighted by molar-refractivity contribution is 6.42. The van der Waals surface area contributed by atoms with Crippen LogP contribution in [0.4, 0.5) is 0 Å². The molecular weight excluding hydrogens is 413 g/mol. The molecule has 0 amide bonds. The molecule has 0 saturated heterocycles. The first-order valence-electron chi connectivity index (χ1n) is 9.88. The molecule has 30 heavy (non-hydrogen) atoms. The molecule has 0 atom stereocenters. The van der Waals surface area contributed by atoms with Crippen LogP contribution in [0.5, 0.6) is 0 Å². The summed E-state index contributed by atoms with van der Waals surface area (Å²) in [6.07, 6.45) is 2.05. The third-order valence-corrected chi connectivity index (χ3v) is 6.60. The van der Waals surface area contributed by atoms with Crippen molar-refractivity contribution in [1.82, 2.24) is 14.2 Å². The minimum absolute atomic E-state index is 0.552. The lowest BCUT2D eigenvalue weighted by atomic mass is 10.1. The molecule has 2 aromatic carbocycles. The number of aryl methyl sites for hydroxylation is 4. The van der Waals surface area contributed by atoms with Crippen molar-refractivity contribution < 1.29 is 0 Å². The predicted octanol–water partition coefficient (Wildman–Crippen LogP) is 7.49. The van der Waals surface area contributed by atoms with Crippen LogP contribution in [0.3, 0.4) is 0 Å². The first kappa shape index (κ1) is 19.2. The van der Waals surface area contributed by atoms with E-state index in [1.165, 1.54) is 33.4 Å². The second-order valence-corrected chi connectivity index (χ2v) is 8.68. The van der Waals surface area contributed by atoms with Crippen molar-refractivity contribution in [3.05, 3.63) is 87.4 Å². The average Bonchev–Trinajstić information content (AvgIpc) is 3.24. The summed E-state index contributed by atoms with van der Waals surface area (Å²) in [7, 11) is 0. The normalized spacial score (nSPS) is 11.7. The van der Waals surface area contributed by atoms with Crippen LogP contribution in [-0.4, -0.2) is 14.2 Å². The van der Waals surface area contributed by atoms with E-state index in [0.717, 1.165) is 22.3 Å². The quantitative estimate of drug-likeness (QED) is 0.282. The van der Waals surface area contributed by atoms with E-state index in [-0.39, 0.29) is 0 Å². The van der Waals surface area contributed by atoms with E-state index in [9.17, 15) is 0 Å². The Morgan fingerprint density at radius 1 is 0.733 bits per heavy atom. The highest BCUT2D eigenvalue weighted by Gasteiger charge is 2.19. The Kier molecular flexibility index (Phi) is 4.42. The lowest BCUT2D eigenvalue weighted by molar-refractivity contribution is 0.919. The minimum Gasteiger partial charge on any atom is -0.317 e. The highest BCUT2D eigenvalue weighted by Crippen LogP contribution is 2.36. The molecule has 3 nitrogen and oxygen atoms in total. The van der Waals surface area contributed by atoms with Crippen LogP contribution in [0.15, 0.2) is 54.7 Å². The van der Waals surface area contributed by atoms with Crippen molar-refractivity contribution in [3.63, 3.8) is 0 Å². The van der Waals surface area contributed by atoms with Gasteiger partial charge in [0.1, 0.15) is 0 Å². The molecule has 0 bridgehead atoms. The van der Waals surface area contributed by atoms with Crippen LogP contribution >= 0.6 is 23.2 Å². The van der Waals surface area contributed by atoms with E-state index in [2.05, 4.69) is 68.8 Å². The van der Waals surface area contributed by atoms with Crippen molar-refractivity contribution in [2.45, 2.75) is 27.7 Å². The third-order valence-electron chi connectivity index (χ3n) is 5.87. The summed E-state index contributed by atoms with van der Waals surface area (Å²) >= 11 is 12.4. The first-order valence-corrected chi connectivity index (χ1v) is 10.6. The molecule has 5 aromatic rings. The molecule has 150 valence electrons. The van der Waals surface area contributed by atoms with E-state index in [4.69, 9.17) is 28.3 Å². The van der Waals surface area contributed by atoms with Crippen LogP contribution in [0.2, 0.25) is 10.0 Å². The number of hydrogen-bond acceptors (Lipinski definition) is 1. The molecule has 0 unspecified atom stereocenters. The summed E-state index contributed by atoms with van der Waals surface area (Å²) in [6, 6.07) is 16.6. The number of fused-ring (bicyclic) bond motifs is 3. The lowest BCUT2D eigenvalue weighted by Gasteiger charge is -2.09. The minimum atomic E-state index is 0.552. The summed E-state index contributed by atoms with van der Waals surface area (Å²) in [5.41, 5.74) is 9.02. The molecule has 0 saturated carbocycles. The topological polar surface area (TPSA) is 22.2 Å². The summed E-state index contributed by atoms with van der Waals surface area (Å²) in [6.45, 7) is 8.54. The fourth-order valence-corrected chi connectivity index (χ4v) is 4.74. The van der Waals surface area contributed by atoms with Gasteiger partial charge in [0.25, 0.3) is 0 Å². The van der Waals surface area contributed by atoms with Crippen molar-refractivity contribution >= 4 is 39.5 Å². The van der Waals surface area contributed by atoms with Crippen LogP contribution in [0, 0.1) is 27.7 Å². The van der Waals surface area contributed by atoms with Gasteiger partial charge in [-0.15, -0.1) is 0 Å². The number of halogens is 2. The molecule has 0 aliphatic heterocycles. The second kappa shape index (κ2) is 6.90. The van der Waals surface area contributed by atoms with Crippen LogP contribution in [0.1, 0.15) is 22.6 Å². The van der Waals surface area contributed by atoms with Gasteiger partial charge in [-0.25, -0.2) is 4.52 Å². The highest BCUT2D eigenvalue weighted by atomic mass is 35.5. The lowest BCUT2D eigenvalue weighted by Crippen LogP contribution is -1.98. The zero-order chi connectivity index (χ0) is 21.2. The Morgan fingerprint density at radius 2 is 1.43 bits per heavy atom. The van der Waals surface area contributed by atoms with Gasteiger partial charge in [0.15, 0.2) is 0 Å². The Hall–Kier alpha value is -2.75. The van der Waals surface area contributed by atoms with Crippen molar-refractivity contribution in [2.75, 3.05) is 0 Å². The van der Waals surface area contributed by atoms with Gasteiger partial charge in [-0.3, -0.25) is 0 Å². The summed E-state index contributed by atoms with van der Waals surface area (Å²) in [4.78, 5) is 0. The molecule has 3 heterocycles. The molecule has 0 aliphatic carbocycles. The fourth-order valence-electron chi connectivity index (χ4n) is 4.44. The van der Waals surface area contributed by atoms with Gasteiger partial charge in [0.2, 0.25) is 0 Å². The van der Waals surface area contributed by atoms with Crippen molar-refractivity contribution in [3.8, 4) is 16.8 Å². The number of nitrogens with zero attached hydrogens (tertiary/aromatic N) is 3. The van der Waals surface area contributed by atoms with Crippen molar-refractivity contribution in [2.24, 2.45) is 0 Å². The predicted molar refractivity (Wildman–Crippen MR) is 126 cm³/mol. The van der Waals surface area contributed by atoms with Crippen LogP contribution in [-0.2, 0) is 0 Å². The Labute approximate surface area is 185 Å². The van der Waals surface area contributed by atoms with Gasteiger partial charge in [-0.05, 0) is 63.6 Å². The molecule has 0 N–H and O–H groups in total. The summed E-state index contributed by atoms with van der Waals surface area (Å²) < 4.78 is 4.30. The van der Waals surface area contributed by atoms with Gasteiger partial charge in [0, 0.05) is 39.6 Å². The van der Waals surface area contributed by atoms with E-state index < -0.39 is 0 Å². The van der Waals surface area contributed by atoms with E-state index in [1.54, 1.807) is 0 Å². The largest absolute Gasteiger partial charge is 0.317 e. The van der Waals surface area contributed by atoms with Crippen LogP contribution < -0.4 is 0 Å². The Morgan fingerprint density at radius 3 is 2.13 bits per heavy atom. The van der Waals surface area contributed by atoms with Gasteiger partial charge < -0.3 is 4.57 Å². The van der Waals surface area contributed by atoms with E-state index in [1.807, 2.05) is 22.7 Å². The van der Waals surface area contributed by atoms with Gasteiger partial charge in [-0.2, -0.15) is 5.10 Å². The Bertz CT molecular complexity index is 1440. The van der Waals surface area contributed by atoms with Crippen LogP contribution in [0.25, 0.3) is 33.1 Å². The van der Waals surface area contributed by atoms with E-state index >= 15 is 0 Å². The number of aromatic nitrogens is 3. The number of benzene rings is 2. The number of rotatable bonds is 2. The zero-order valence-corrected chi connectivity index (χ0v) is 18.8. The maximum absolute atomic E-state index is 6.25. The molecule has 0 fully saturated rings. The average molecular weight is 434 g/mol. The second-order valence-electron chi connectivity index (χ2n) is 7.86. The molecular formula is C25H21Cl2N3. The third kappa shape index (κ3) is 2.84. The van der Waals surface area contributed by atoms with Gasteiger partial charge >= 0.3 is 0 Å². The summed E-state index contributed by atoms with van der Waals surface area (Å²) in [5, 5.41) is 8.40. The monoisotopic (exact) mass is 433 g/mol. The molecule has 5 rings (SSSR count). The molecule has 5 heteroatoms. The standard InChI is InChI=1S/C25H21Cl2N3/c1-14-5-8-20(9-6-14)30-16(3)24-15(2)28-29-13-19(12-23(29)25(24)17(30)4)18-7-10-21(26)22(27)11-18/h5-13H,1-4H3. The fraction of sp³-hybridized carbons (Fsp3) is 0.160. The molecule has 0 aliphatic rings. The number of hydrogen-bond donors (Lipinski definition) is 0. The van der Waals surface area contributed by atoms with E-state index in [0.29, 0.717) is 10.0 Å². The van der Waals surface area contributed by atoms with Gasteiger partial charge in [0.05, 0.1) is 21.3 Å². The maximum Gasteiger partial charge on any atom is 0.0749 e. The molecule has 0 radical (unpaired) electrons. The SMILES string of the molecule is Cc1ccc(-n2c(C)c3c(C)nn4cc(-c5ccc(Cl)c(Cl)c5)cc4c3c2C)cc1. The summed E-state index contributed by atoms with van der Waals surface area (Å²) in [5.74, 6) is 0. The maximum atomic E-state index is 6.25. The smallest absolute Gasteiger partial charge is 0.0749 e. The van der Waals surface area contributed by atoms with Crippen molar-refractivity contribution in [1.29, 1.82) is 0 Å². The Balaban J connectivity index is 1.80. The van der Waals surface area contributed by atoms with Gasteiger partial charge in [-0.1, -0.05) is 47.0 Å². The molecule has 0 spiro atoms. The first-order chi connectivity index (χ1) is 14.3.